The van der Waals surface area contributed by atoms with Crippen LogP contribution in [0.25, 0.3) is 0 Å². The standard InChI is InChI=1S/C20H22ClN5O3S/c1-14-13-19(25-16-5-7-17(29-2)8-6-16)26-20(24-14)22-11-12-23-30(27,28)18-9-3-15(21)4-10-18/h3-10,13,23H,11-12H2,1-2H3,(H2,22,24,25,26). The van der Waals surface area contributed by atoms with Gasteiger partial charge in [-0.15, -0.1) is 0 Å². The number of halogens is 1. The van der Waals surface area contributed by atoms with E-state index in [2.05, 4.69) is 25.3 Å². The van der Waals surface area contributed by atoms with Crippen molar-refractivity contribution in [3.8, 4) is 5.75 Å². The maximum absolute atomic E-state index is 12.3. The van der Waals surface area contributed by atoms with Gasteiger partial charge >= 0.3 is 0 Å². The number of hydrogen-bond acceptors (Lipinski definition) is 7. The van der Waals surface area contributed by atoms with Gasteiger partial charge in [-0.05, 0) is 55.5 Å². The zero-order chi connectivity index (χ0) is 21.6. The Bertz CT molecular complexity index is 1090. The van der Waals surface area contributed by atoms with Gasteiger partial charge in [0.25, 0.3) is 0 Å². The Morgan fingerprint density at radius 3 is 2.37 bits per heavy atom. The fraction of sp³-hybridized carbons (Fsp3) is 0.200. The number of hydrogen-bond donors (Lipinski definition) is 3. The minimum absolute atomic E-state index is 0.157. The van der Waals surface area contributed by atoms with Crippen LogP contribution < -0.4 is 20.1 Å². The lowest BCUT2D eigenvalue weighted by atomic mass is 10.3. The molecule has 0 saturated carbocycles. The number of nitrogens with zero attached hydrogens (tertiary/aromatic N) is 2. The minimum Gasteiger partial charge on any atom is -0.497 e. The number of benzene rings is 2. The molecule has 0 saturated heterocycles. The van der Waals surface area contributed by atoms with Crippen LogP contribution in [0.3, 0.4) is 0 Å². The summed E-state index contributed by atoms with van der Waals surface area (Å²) in [5, 5.41) is 6.72. The van der Waals surface area contributed by atoms with Crippen molar-refractivity contribution in [2.45, 2.75) is 11.8 Å². The second-order valence-electron chi connectivity index (χ2n) is 6.35. The van der Waals surface area contributed by atoms with Gasteiger partial charge < -0.3 is 15.4 Å². The van der Waals surface area contributed by atoms with E-state index in [4.69, 9.17) is 16.3 Å². The van der Waals surface area contributed by atoms with Gasteiger partial charge in [-0.3, -0.25) is 0 Å². The third-order valence-electron chi connectivity index (χ3n) is 4.04. The van der Waals surface area contributed by atoms with E-state index < -0.39 is 10.0 Å². The zero-order valence-electron chi connectivity index (χ0n) is 16.5. The number of sulfonamides is 1. The van der Waals surface area contributed by atoms with Gasteiger partial charge in [0.2, 0.25) is 16.0 Å². The van der Waals surface area contributed by atoms with Crippen molar-refractivity contribution in [2.75, 3.05) is 30.8 Å². The number of ether oxygens (including phenoxy) is 1. The fourth-order valence-corrected chi connectivity index (χ4v) is 3.75. The molecular formula is C20H22ClN5O3S. The largest absolute Gasteiger partial charge is 0.497 e. The van der Waals surface area contributed by atoms with E-state index in [1.54, 1.807) is 7.11 Å². The van der Waals surface area contributed by atoms with E-state index in [9.17, 15) is 8.42 Å². The van der Waals surface area contributed by atoms with Gasteiger partial charge in [-0.1, -0.05) is 11.6 Å². The molecule has 0 fully saturated rings. The molecule has 0 spiro atoms. The van der Waals surface area contributed by atoms with Crippen molar-refractivity contribution in [1.82, 2.24) is 14.7 Å². The molecule has 2 aromatic carbocycles. The quantitative estimate of drug-likeness (QED) is 0.430. The smallest absolute Gasteiger partial charge is 0.240 e. The number of methoxy groups -OCH3 is 1. The average molecular weight is 448 g/mol. The van der Waals surface area contributed by atoms with Gasteiger partial charge in [0.05, 0.1) is 12.0 Å². The molecule has 8 nitrogen and oxygen atoms in total. The summed E-state index contributed by atoms with van der Waals surface area (Å²) >= 11 is 5.80. The summed E-state index contributed by atoms with van der Waals surface area (Å²) in [6, 6.07) is 15.3. The molecule has 0 radical (unpaired) electrons. The number of aryl methyl sites for hydroxylation is 1. The molecule has 0 amide bonds. The van der Waals surface area contributed by atoms with Gasteiger partial charge in [0.15, 0.2) is 0 Å². The van der Waals surface area contributed by atoms with Gasteiger partial charge in [0, 0.05) is 35.6 Å². The van der Waals surface area contributed by atoms with Gasteiger partial charge in [0.1, 0.15) is 11.6 Å². The molecule has 0 unspecified atom stereocenters. The lowest BCUT2D eigenvalue weighted by Gasteiger charge is -2.11. The predicted molar refractivity (Wildman–Crippen MR) is 118 cm³/mol. The average Bonchev–Trinajstić information content (AvgIpc) is 2.72. The van der Waals surface area contributed by atoms with E-state index in [-0.39, 0.29) is 11.4 Å². The van der Waals surface area contributed by atoms with Crippen LogP contribution in [0.5, 0.6) is 5.75 Å². The summed E-state index contributed by atoms with van der Waals surface area (Å²) in [5.74, 6) is 1.79. The number of nitrogens with one attached hydrogen (secondary N) is 3. The molecule has 0 bridgehead atoms. The van der Waals surface area contributed by atoms with E-state index in [1.807, 2.05) is 37.3 Å². The molecular weight excluding hydrogens is 426 g/mol. The Morgan fingerprint density at radius 2 is 1.70 bits per heavy atom. The monoisotopic (exact) mass is 447 g/mol. The van der Waals surface area contributed by atoms with Crippen molar-refractivity contribution < 1.29 is 13.2 Å². The first kappa shape index (κ1) is 21.8. The Balaban J connectivity index is 1.57. The summed E-state index contributed by atoms with van der Waals surface area (Å²) in [6.45, 7) is 2.34. The summed E-state index contributed by atoms with van der Waals surface area (Å²) < 4.78 is 32.2. The van der Waals surface area contributed by atoms with Crippen LogP contribution in [0.2, 0.25) is 5.02 Å². The van der Waals surface area contributed by atoms with Crippen LogP contribution in [0.4, 0.5) is 17.5 Å². The number of aromatic nitrogens is 2. The fourth-order valence-electron chi connectivity index (χ4n) is 2.59. The molecule has 1 heterocycles. The third-order valence-corrected chi connectivity index (χ3v) is 5.77. The molecule has 3 rings (SSSR count). The van der Waals surface area contributed by atoms with Crippen molar-refractivity contribution >= 4 is 39.1 Å². The van der Waals surface area contributed by atoms with E-state index in [1.165, 1.54) is 24.3 Å². The lowest BCUT2D eigenvalue weighted by Crippen LogP contribution is -2.29. The first-order valence-corrected chi connectivity index (χ1v) is 11.0. The molecule has 10 heteroatoms. The summed E-state index contributed by atoms with van der Waals surface area (Å²) in [7, 11) is -1.99. The van der Waals surface area contributed by atoms with Crippen LogP contribution in [0.15, 0.2) is 59.5 Å². The van der Waals surface area contributed by atoms with Crippen LogP contribution in [0.1, 0.15) is 5.69 Å². The highest BCUT2D eigenvalue weighted by molar-refractivity contribution is 7.89. The topological polar surface area (TPSA) is 105 Å². The molecule has 0 aliphatic rings. The van der Waals surface area contributed by atoms with Crippen LogP contribution in [0, 0.1) is 6.92 Å². The highest BCUT2D eigenvalue weighted by Crippen LogP contribution is 2.20. The van der Waals surface area contributed by atoms with Crippen LogP contribution in [-0.2, 0) is 10.0 Å². The Labute approximate surface area is 180 Å². The second-order valence-corrected chi connectivity index (χ2v) is 8.55. The predicted octanol–water partition coefficient (Wildman–Crippen LogP) is 3.58. The number of rotatable bonds is 9. The number of anilines is 3. The summed E-state index contributed by atoms with van der Waals surface area (Å²) in [4.78, 5) is 8.90. The summed E-state index contributed by atoms with van der Waals surface area (Å²) in [6.07, 6.45) is 0. The molecule has 3 aromatic rings. The molecule has 0 atom stereocenters. The highest BCUT2D eigenvalue weighted by Gasteiger charge is 2.13. The Kier molecular flexibility index (Phi) is 7.09. The SMILES string of the molecule is COc1ccc(Nc2cc(C)nc(NCCNS(=O)(=O)c3ccc(Cl)cc3)n2)cc1. The van der Waals surface area contributed by atoms with Crippen molar-refractivity contribution in [3.05, 3.63) is 65.3 Å². The van der Waals surface area contributed by atoms with Gasteiger partial charge in [-0.2, -0.15) is 4.98 Å². The van der Waals surface area contributed by atoms with Crippen molar-refractivity contribution in [1.29, 1.82) is 0 Å². The first-order valence-electron chi connectivity index (χ1n) is 9.11. The van der Waals surface area contributed by atoms with Crippen molar-refractivity contribution in [2.24, 2.45) is 0 Å². The van der Waals surface area contributed by atoms with E-state index in [0.29, 0.717) is 23.3 Å². The molecule has 1 aromatic heterocycles. The zero-order valence-corrected chi connectivity index (χ0v) is 18.1. The van der Waals surface area contributed by atoms with Crippen LogP contribution >= 0.6 is 11.6 Å². The Hall–Kier alpha value is -2.88. The molecule has 3 N–H and O–H groups in total. The van der Waals surface area contributed by atoms with Crippen LogP contribution in [-0.4, -0.2) is 38.6 Å². The van der Waals surface area contributed by atoms with Crippen molar-refractivity contribution in [3.63, 3.8) is 0 Å². The highest BCUT2D eigenvalue weighted by atomic mass is 35.5. The van der Waals surface area contributed by atoms with Gasteiger partial charge in [-0.25, -0.2) is 18.1 Å². The minimum atomic E-state index is -3.61. The normalized spacial score (nSPS) is 11.2. The second kappa shape index (κ2) is 9.75. The first-order chi connectivity index (χ1) is 14.4. The summed E-state index contributed by atoms with van der Waals surface area (Å²) in [5.41, 5.74) is 1.63. The maximum Gasteiger partial charge on any atom is 0.240 e. The lowest BCUT2D eigenvalue weighted by molar-refractivity contribution is 0.415. The molecule has 0 aliphatic heterocycles. The Morgan fingerprint density at radius 1 is 1.00 bits per heavy atom. The van der Waals surface area contributed by atoms with E-state index in [0.717, 1.165) is 17.1 Å². The molecule has 0 aliphatic carbocycles. The molecule has 30 heavy (non-hydrogen) atoms. The van der Waals surface area contributed by atoms with E-state index >= 15 is 0 Å². The third kappa shape index (κ3) is 6.06. The maximum atomic E-state index is 12.3. The molecule has 158 valence electrons.